The standard InChI is InChI=1S/C15H21F2NO/c1-2-13(9-11-7-8-11)18-10-12-5-3-4-6-14(12)19-15(16)17/h3-6,11,13,15,18H,2,7-10H2,1H3. The van der Waals surface area contributed by atoms with Crippen LogP contribution in [0.4, 0.5) is 8.78 Å². The summed E-state index contributed by atoms with van der Waals surface area (Å²) in [6, 6.07) is 7.44. The first-order chi connectivity index (χ1) is 9.19. The van der Waals surface area contributed by atoms with E-state index >= 15 is 0 Å². The predicted molar refractivity (Wildman–Crippen MR) is 71.3 cm³/mol. The summed E-state index contributed by atoms with van der Waals surface area (Å²) in [7, 11) is 0. The van der Waals surface area contributed by atoms with Gasteiger partial charge in [-0.05, 0) is 24.8 Å². The minimum atomic E-state index is -2.77. The second-order valence-corrected chi connectivity index (χ2v) is 5.15. The van der Waals surface area contributed by atoms with Gasteiger partial charge in [-0.3, -0.25) is 0 Å². The van der Waals surface area contributed by atoms with Crippen LogP contribution in [0.1, 0.15) is 38.2 Å². The van der Waals surface area contributed by atoms with Gasteiger partial charge in [0.1, 0.15) is 5.75 Å². The molecule has 1 fully saturated rings. The molecular formula is C15H21F2NO. The third-order valence-electron chi connectivity index (χ3n) is 3.58. The van der Waals surface area contributed by atoms with Gasteiger partial charge in [0.15, 0.2) is 0 Å². The summed E-state index contributed by atoms with van der Waals surface area (Å²) < 4.78 is 29.1. The lowest BCUT2D eigenvalue weighted by Gasteiger charge is -2.18. The summed E-state index contributed by atoms with van der Waals surface area (Å²) >= 11 is 0. The zero-order valence-corrected chi connectivity index (χ0v) is 11.2. The van der Waals surface area contributed by atoms with Gasteiger partial charge in [0.05, 0.1) is 0 Å². The SMILES string of the molecule is CCC(CC1CC1)NCc1ccccc1OC(F)F. The Hall–Kier alpha value is -1.16. The van der Waals surface area contributed by atoms with Crippen molar-refractivity contribution < 1.29 is 13.5 Å². The van der Waals surface area contributed by atoms with E-state index in [0.29, 0.717) is 12.6 Å². The summed E-state index contributed by atoms with van der Waals surface area (Å²) in [5.41, 5.74) is 0.789. The Kier molecular flexibility index (Phi) is 5.14. The third kappa shape index (κ3) is 4.78. The molecule has 0 amide bonds. The first kappa shape index (κ1) is 14.3. The Bertz CT molecular complexity index is 393. The quantitative estimate of drug-likeness (QED) is 0.771. The first-order valence-electron chi connectivity index (χ1n) is 6.95. The molecule has 1 aromatic carbocycles. The molecule has 1 saturated carbocycles. The highest BCUT2D eigenvalue weighted by atomic mass is 19.3. The molecule has 1 N–H and O–H groups in total. The average Bonchev–Trinajstić information content (AvgIpc) is 3.19. The van der Waals surface area contributed by atoms with Gasteiger partial charge in [0.25, 0.3) is 0 Å². The van der Waals surface area contributed by atoms with Gasteiger partial charge in [-0.15, -0.1) is 0 Å². The Labute approximate surface area is 113 Å². The number of hydrogen-bond acceptors (Lipinski definition) is 2. The van der Waals surface area contributed by atoms with E-state index in [-0.39, 0.29) is 5.75 Å². The molecule has 0 radical (unpaired) electrons. The summed E-state index contributed by atoms with van der Waals surface area (Å²) in [4.78, 5) is 0. The van der Waals surface area contributed by atoms with Gasteiger partial charge in [-0.25, -0.2) is 0 Å². The van der Waals surface area contributed by atoms with Gasteiger partial charge >= 0.3 is 6.61 Å². The van der Waals surface area contributed by atoms with Gasteiger partial charge in [0.2, 0.25) is 0 Å². The minimum Gasteiger partial charge on any atom is -0.434 e. The summed E-state index contributed by atoms with van der Waals surface area (Å²) in [6.45, 7) is -0.0370. The fraction of sp³-hybridized carbons (Fsp3) is 0.600. The second-order valence-electron chi connectivity index (χ2n) is 5.15. The largest absolute Gasteiger partial charge is 0.434 e. The van der Waals surface area contributed by atoms with Crippen LogP contribution in [-0.4, -0.2) is 12.7 Å². The van der Waals surface area contributed by atoms with Gasteiger partial charge in [-0.1, -0.05) is 38.0 Å². The van der Waals surface area contributed by atoms with Crippen LogP contribution < -0.4 is 10.1 Å². The van der Waals surface area contributed by atoms with E-state index < -0.39 is 6.61 Å². The normalized spacial score (nSPS) is 16.6. The highest BCUT2D eigenvalue weighted by Gasteiger charge is 2.24. The van der Waals surface area contributed by atoms with Crippen LogP contribution in [0.3, 0.4) is 0 Å². The minimum absolute atomic E-state index is 0.270. The van der Waals surface area contributed by atoms with E-state index in [9.17, 15) is 8.78 Å². The Morgan fingerprint density at radius 3 is 2.68 bits per heavy atom. The van der Waals surface area contributed by atoms with E-state index in [1.807, 2.05) is 12.1 Å². The van der Waals surface area contributed by atoms with Crippen molar-refractivity contribution in [1.29, 1.82) is 0 Å². The summed E-state index contributed by atoms with van der Waals surface area (Å²) in [6.07, 6.45) is 4.93. The lowest BCUT2D eigenvalue weighted by atomic mass is 10.1. The van der Waals surface area contributed by atoms with Crippen LogP contribution in [0.5, 0.6) is 5.75 Å². The number of para-hydroxylation sites is 1. The van der Waals surface area contributed by atoms with Crippen LogP contribution in [0, 0.1) is 5.92 Å². The van der Waals surface area contributed by atoms with Gasteiger partial charge in [0, 0.05) is 18.2 Å². The van der Waals surface area contributed by atoms with Gasteiger partial charge in [-0.2, -0.15) is 8.78 Å². The van der Waals surface area contributed by atoms with E-state index in [1.54, 1.807) is 12.1 Å². The number of benzene rings is 1. The topological polar surface area (TPSA) is 21.3 Å². The van der Waals surface area contributed by atoms with Crippen LogP contribution in [0.25, 0.3) is 0 Å². The highest BCUT2D eigenvalue weighted by Crippen LogP contribution is 2.34. The van der Waals surface area contributed by atoms with Crippen molar-refractivity contribution in [2.75, 3.05) is 0 Å². The monoisotopic (exact) mass is 269 g/mol. The molecule has 0 aromatic heterocycles. The van der Waals surface area contributed by atoms with E-state index in [2.05, 4.69) is 17.0 Å². The number of hydrogen-bond donors (Lipinski definition) is 1. The molecule has 0 spiro atoms. The number of halogens is 2. The smallest absolute Gasteiger partial charge is 0.387 e. The number of alkyl halides is 2. The third-order valence-corrected chi connectivity index (χ3v) is 3.58. The fourth-order valence-electron chi connectivity index (χ4n) is 2.27. The second kappa shape index (κ2) is 6.85. The maximum absolute atomic E-state index is 12.3. The number of ether oxygens (including phenoxy) is 1. The van der Waals surface area contributed by atoms with E-state index in [4.69, 9.17) is 0 Å². The molecule has 4 heteroatoms. The van der Waals surface area contributed by atoms with Crippen LogP contribution >= 0.6 is 0 Å². The molecule has 19 heavy (non-hydrogen) atoms. The van der Waals surface area contributed by atoms with Crippen molar-refractivity contribution in [1.82, 2.24) is 5.32 Å². The molecule has 106 valence electrons. The molecule has 1 aliphatic carbocycles. The van der Waals surface area contributed by atoms with Crippen molar-refractivity contribution >= 4 is 0 Å². The van der Waals surface area contributed by atoms with Crippen molar-refractivity contribution in [2.24, 2.45) is 5.92 Å². The highest BCUT2D eigenvalue weighted by molar-refractivity contribution is 5.33. The van der Waals surface area contributed by atoms with Crippen LogP contribution in [0.2, 0.25) is 0 Å². The Morgan fingerprint density at radius 2 is 2.05 bits per heavy atom. The lowest BCUT2D eigenvalue weighted by Crippen LogP contribution is -2.28. The van der Waals surface area contributed by atoms with Crippen LogP contribution in [-0.2, 0) is 6.54 Å². The molecule has 1 unspecified atom stereocenters. The van der Waals surface area contributed by atoms with E-state index in [1.165, 1.54) is 19.3 Å². The lowest BCUT2D eigenvalue weighted by molar-refractivity contribution is -0.0505. The summed E-state index contributed by atoms with van der Waals surface area (Å²) in [5, 5.41) is 3.45. The Morgan fingerprint density at radius 1 is 1.32 bits per heavy atom. The van der Waals surface area contributed by atoms with E-state index in [0.717, 1.165) is 17.9 Å². The molecule has 0 bridgehead atoms. The molecule has 0 heterocycles. The molecule has 1 aliphatic rings. The Balaban J connectivity index is 1.89. The fourth-order valence-corrected chi connectivity index (χ4v) is 2.27. The molecule has 0 aliphatic heterocycles. The first-order valence-corrected chi connectivity index (χ1v) is 6.95. The number of rotatable bonds is 8. The molecule has 1 aromatic rings. The number of nitrogens with one attached hydrogen (secondary N) is 1. The molecular weight excluding hydrogens is 248 g/mol. The van der Waals surface area contributed by atoms with Crippen LogP contribution in [0.15, 0.2) is 24.3 Å². The predicted octanol–water partition coefficient (Wildman–Crippen LogP) is 3.96. The van der Waals surface area contributed by atoms with Gasteiger partial charge < -0.3 is 10.1 Å². The van der Waals surface area contributed by atoms with Crippen molar-refractivity contribution in [3.63, 3.8) is 0 Å². The molecule has 0 saturated heterocycles. The zero-order valence-electron chi connectivity index (χ0n) is 11.2. The maximum Gasteiger partial charge on any atom is 0.387 e. The summed E-state index contributed by atoms with van der Waals surface area (Å²) in [5.74, 6) is 1.14. The molecule has 2 rings (SSSR count). The van der Waals surface area contributed by atoms with Crippen molar-refractivity contribution in [3.05, 3.63) is 29.8 Å². The van der Waals surface area contributed by atoms with Crippen molar-refractivity contribution in [2.45, 2.75) is 51.8 Å². The average molecular weight is 269 g/mol. The molecule has 1 atom stereocenters. The zero-order chi connectivity index (χ0) is 13.7. The van der Waals surface area contributed by atoms with Crippen molar-refractivity contribution in [3.8, 4) is 5.75 Å². The molecule has 2 nitrogen and oxygen atoms in total. The maximum atomic E-state index is 12.3.